The van der Waals surface area contributed by atoms with Gasteiger partial charge in [0, 0.05) is 12.4 Å². The Labute approximate surface area is 145 Å². The standard InChI is InChI=1S/C17H12N6OS/c1-2-10-3-4-12-14(7-10)25-17(21-12)22-6-5-13-11(15(22)24)8-18-16-19-9-20-23(13)16/h3-9H,2H2,1H3. The summed E-state index contributed by atoms with van der Waals surface area (Å²) in [5.41, 5.74) is 2.66. The summed E-state index contributed by atoms with van der Waals surface area (Å²) in [7, 11) is 0. The molecule has 4 heterocycles. The molecule has 122 valence electrons. The molecule has 0 N–H and O–H groups in total. The van der Waals surface area contributed by atoms with Crippen LogP contribution < -0.4 is 5.56 Å². The summed E-state index contributed by atoms with van der Waals surface area (Å²) in [6, 6.07) is 8.04. The van der Waals surface area contributed by atoms with Crippen molar-refractivity contribution in [3.63, 3.8) is 0 Å². The van der Waals surface area contributed by atoms with Crippen molar-refractivity contribution in [1.29, 1.82) is 0 Å². The molecule has 0 spiro atoms. The number of thiazole rings is 1. The molecule has 25 heavy (non-hydrogen) atoms. The van der Waals surface area contributed by atoms with Crippen LogP contribution in [0.5, 0.6) is 0 Å². The lowest BCUT2D eigenvalue weighted by Gasteiger charge is -2.04. The van der Waals surface area contributed by atoms with Crippen molar-refractivity contribution < 1.29 is 0 Å². The maximum absolute atomic E-state index is 12.9. The van der Waals surface area contributed by atoms with E-state index < -0.39 is 0 Å². The van der Waals surface area contributed by atoms with Gasteiger partial charge in [0.2, 0.25) is 0 Å². The van der Waals surface area contributed by atoms with Crippen LogP contribution in [-0.4, -0.2) is 29.1 Å². The van der Waals surface area contributed by atoms with Crippen molar-refractivity contribution in [2.45, 2.75) is 13.3 Å². The maximum atomic E-state index is 12.9. The highest BCUT2D eigenvalue weighted by atomic mass is 32.1. The van der Waals surface area contributed by atoms with Crippen LogP contribution in [0.1, 0.15) is 12.5 Å². The molecule has 0 fully saturated rings. The molecule has 7 nitrogen and oxygen atoms in total. The van der Waals surface area contributed by atoms with Crippen LogP contribution in [0.4, 0.5) is 0 Å². The Morgan fingerprint density at radius 1 is 1.20 bits per heavy atom. The molecule has 0 saturated heterocycles. The molecule has 0 atom stereocenters. The molecule has 0 aliphatic carbocycles. The predicted molar refractivity (Wildman–Crippen MR) is 96.4 cm³/mol. The first kappa shape index (κ1) is 14.2. The number of fused-ring (bicyclic) bond motifs is 4. The molecule has 0 aliphatic heterocycles. The molecule has 0 aliphatic rings. The molecular weight excluding hydrogens is 336 g/mol. The number of nitrogens with zero attached hydrogens (tertiary/aromatic N) is 6. The molecule has 1 aromatic carbocycles. The Kier molecular flexibility index (Phi) is 2.95. The summed E-state index contributed by atoms with van der Waals surface area (Å²) < 4.78 is 4.20. The normalized spacial score (nSPS) is 11.7. The lowest BCUT2D eigenvalue weighted by Crippen LogP contribution is -2.18. The molecule has 0 unspecified atom stereocenters. The van der Waals surface area contributed by atoms with E-state index in [9.17, 15) is 4.79 Å². The van der Waals surface area contributed by atoms with Crippen molar-refractivity contribution in [3.05, 3.63) is 58.9 Å². The van der Waals surface area contributed by atoms with Crippen LogP contribution in [0, 0.1) is 0 Å². The highest BCUT2D eigenvalue weighted by molar-refractivity contribution is 7.20. The zero-order valence-corrected chi connectivity index (χ0v) is 14.1. The zero-order chi connectivity index (χ0) is 17.0. The lowest BCUT2D eigenvalue weighted by atomic mass is 10.2. The van der Waals surface area contributed by atoms with Gasteiger partial charge in [0.05, 0.1) is 21.1 Å². The van der Waals surface area contributed by atoms with Gasteiger partial charge >= 0.3 is 0 Å². The Hall–Kier alpha value is -3.13. The predicted octanol–water partition coefficient (Wildman–Crippen LogP) is 2.60. The molecule has 5 rings (SSSR count). The summed E-state index contributed by atoms with van der Waals surface area (Å²) in [5, 5.41) is 5.25. The van der Waals surface area contributed by atoms with Gasteiger partial charge in [0.1, 0.15) is 6.33 Å². The molecule has 4 aromatic heterocycles. The number of hydrogen-bond acceptors (Lipinski definition) is 6. The molecular formula is C17H12N6OS. The average molecular weight is 348 g/mol. The van der Waals surface area contributed by atoms with Gasteiger partial charge in [0.15, 0.2) is 5.13 Å². The Morgan fingerprint density at radius 3 is 3.00 bits per heavy atom. The minimum absolute atomic E-state index is 0.169. The first-order valence-electron chi connectivity index (χ1n) is 7.84. The fraction of sp³-hybridized carbons (Fsp3) is 0.118. The van der Waals surface area contributed by atoms with E-state index in [-0.39, 0.29) is 5.56 Å². The van der Waals surface area contributed by atoms with Gasteiger partial charge in [-0.05, 0) is 30.2 Å². The van der Waals surface area contributed by atoms with Crippen LogP contribution in [0.25, 0.3) is 32.0 Å². The summed E-state index contributed by atoms with van der Waals surface area (Å²) in [5.74, 6) is 0.469. The third kappa shape index (κ3) is 2.07. The smallest absolute Gasteiger partial charge is 0.267 e. The number of pyridine rings is 1. The number of benzene rings is 1. The molecule has 8 heteroatoms. The van der Waals surface area contributed by atoms with E-state index >= 15 is 0 Å². The van der Waals surface area contributed by atoms with Gasteiger partial charge in [-0.1, -0.05) is 24.3 Å². The molecule has 0 bridgehead atoms. The second kappa shape index (κ2) is 5.18. The van der Waals surface area contributed by atoms with Gasteiger partial charge in [-0.2, -0.15) is 14.6 Å². The van der Waals surface area contributed by atoms with Gasteiger partial charge in [0.25, 0.3) is 11.3 Å². The summed E-state index contributed by atoms with van der Waals surface area (Å²) >= 11 is 1.50. The zero-order valence-electron chi connectivity index (χ0n) is 13.2. The third-order valence-electron chi connectivity index (χ3n) is 4.23. The third-order valence-corrected chi connectivity index (χ3v) is 5.25. The number of aromatic nitrogens is 6. The minimum Gasteiger partial charge on any atom is -0.268 e. The Bertz CT molecular complexity index is 1320. The van der Waals surface area contributed by atoms with Crippen molar-refractivity contribution in [3.8, 4) is 5.13 Å². The molecule has 0 saturated carbocycles. The highest BCUT2D eigenvalue weighted by Crippen LogP contribution is 2.25. The van der Waals surface area contributed by atoms with E-state index in [2.05, 4.69) is 39.1 Å². The molecule has 5 aromatic rings. The summed E-state index contributed by atoms with van der Waals surface area (Å²) in [6.45, 7) is 2.12. The first-order chi connectivity index (χ1) is 12.2. The van der Waals surface area contributed by atoms with Crippen molar-refractivity contribution >= 4 is 38.2 Å². The number of hydrogen-bond donors (Lipinski definition) is 0. The van der Waals surface area contributed by atoms with Gasteiger partial charge in [-0.25, -0.2) is 9.97 Å². The van der Waals surface area contributed by atoms with Crippen LogP contribution >= 0.6 is 11.3 Å². The van der Waals surface area contributed by atoms with Gasteiger partial charge in [-0.15, -0.1) is 0 Å². The quantitative estimate of drug-likeness (QED) is 0.490. The minimum atomic E-state index is -0.169. The Balaban J connectivity index is 1.76. The van der Waals surface area contributed by atoms with Crippen LogP contribution in [0.15, 0.2) is 47.8 Å². The van der Waals surface area contributed by atoms with Gasteiger partial charge in [-0.3, -0.25) is 9.36 Å². The molecule has 0 amide bonds. The maximum Gasteiger partial charge on any atom is 0.267 e. The van der Waals surface area contributed by atoms with Crippen LogP contribution in [0.3, 0.4) is 0 Å². The fourth-order valence-electron chi connectivity index (χ4n) is 2.89. The van der Waals surface area contributed by atoms with Crippen molar-refractivity contribution in [2.24, 2.45) is 0 Å². The fourth-order valence-corrected chi connectivity index (χ4v) is 3.91. The Morgan fingerprint density at radius 2 is 2.12 bits per heavy atom. The highest BCUT2D eigenvalue weighted by Gasteiger charge is 2.12. The van der Waals surface area contributed by atoms with Crippen LogP contribution in [0.2, 0.25) is 0 Å². The second-order valence-electron chi connectivity index (χ2n) is 5.67. The first-order valence-corrected chi connectivity index (χ1v) is 8.66. The van der Waals surface area contributed by atoms with E-state index in [0.29, 0.717) is 21.8 Å². The van der Waals surface area contributed by atoms with Gasteiger partial charge < -0.3 is 0 Å². The number of rotatable bonds is 2. The van der Waals surface area contributed by atoms with E-state index in [1.807, 2.05) is 12.1 Å². The summed E-state index contributed by atoms with van der Waals surface area (Å²) in [6.07, 6.45) is 5.66. The average Bonchev–Trinajstić information content (AvgIpc) is 3.27. The largest absolute Gasteiger partial charge is 0.268 e. The second-order valence-corrected chi connectivity index (χ2v) is 6.68. The SMILES string of the molecule is CCc1ccc2nc(-n3ccc4c(cnc5ncnn54)c3=O)sc2c1. The summed E-state index contributed by atoms with van der Waals surface area (Å²) in [4.78, 5) is 25.8. The monoisotopic (exact) mass is 348 g/mol. The van der Waals surface area contributed by atoms with Crippen molar-refractivity contribution in [1.82, 2.24) is 29.1 Å². The van der Waals surface area contributed by atoms with E-state index in [1.165, 1.54) is 23.2 Å². The van der Waals surface area contributed by atoms with E-state index in [1.54, 1.807) is 21.5 Å². The lowest BCUT2D eigenvalue weighted by molar-refractivity contribution is 0.953. The topological polar surface area (TPSA) is 78.0 Å². The van der Waals surface area contributed by atoms with E-state index in [4.69, 9.17) is 0 Å². The van der Waals surface area contributed by atoms with E-state index in [0.717, 1.165) is 16.6 Å². The van der Waals surface area contributed by atoms with Crippen molar-refractivity contribution in [2.75, 3.05) is 0 Å². The number of aryl methyl sites for hydroxylation is 1. The molecule has 0 radical (unpaired) electrons. The van der Waals surface area contributed by atoms with Crippen LogP contribution in [-0.2, 0) is 6.42 Å².